The van der Waals surface area contributed by atoms with E-state index in [1.165, 1.54) is 23.0 Å². The van der Waals surface area contributed by atoms with Crippen LogP contribution in [0.15, 0.2) is 58.2 Å². The molecule has 1 aliphatic heterocycles. The van der Waals surface area contributed by atoms with E-state index < -0.39 is 0 Å². The number of carbonyl (C=O) groups is 1. The maximum Gasteiger partial charge on any atom is 0.277 e. The van der Waals surface area contributed by atoms with Crippen molar-refractivity contribution in [3.05, 3.63) is 65.0 Å². The van der Waals surface area contributed by atoms with Crippen LogP contribution in [0.1, 0.15) is 11.5 Å². The predicted octanol–water partition coefficient (Wildman–Crippen LogP) is 4.05. The van der Waals surface area contributed by atoms with Crippen molar-refractivity contribution < 1.29 is 13.9 Å². The maximum absolute atomic E-state index is 12.6. The molecule has 0 bridgehead atoms. The van der Waals surface area contributed by atoms with E-state index in [0.717, 1.165) is 13.1 Å². The molecule has 2 heterocycles. The lowest BCUT2D eigenvalue weighted by Crippen LogP contribution is -2.49. The van der Waals surface area contributed by atoms with Gasteiger partial charge in [-0.15, -0.1) is 10.2 Å². The molecular weight excluding hydrogens is 436 g/mol. The van der Waals surface area contributed by atoms with Gasteiger partial charge in [-0.1, -0.05) is 35.5 Å². The van der Waals surface area contributed by atoms with Crippen LogP contribution < -0.4 is 9.64 Å². The summed E-state index contributed by atoms with van der Waals surface area (Å²) in [5.41, 5.74) is 2.45. The summed E-state index contributed by atoms with van der Waals surface area (Å²) in [5.74, 6) is 1.36. The molecule has 0 radical (unpaired) electrons. The van der Waals surface area contributed by atoms with Crippen LogP contribution in [-0.4, -0.2) is 52.9 Å². The molecule has 2 aromatic carbocycles. The molecule has 1 amide bonds. The number of benzene rings is 2. The Morgan fingerprint density at radius 2 is 1.90 bits per heavy atom. The van der Waals surface area contributed by atoms with Gasteiger partial charge in [-0.25, -0.2) is 0 Å². The molecule has 0 saturated carbocycles. The normalized spacial score (nSPS) is 14.0. The van der Waals surface area contributed by atoms with Crippen LogP contribution in [0.5, 0.6) is 5.75 Å². The highest BCUT2D eigenvalue weighted by Gasteiger charge is 2.22. The average molecular weight is 459 g/mol. The fourth-order valence-corrected chi connectivity index (χ4v) is 4.09. The lowest BCUT2D eigenvalue weighted by Gasteiger charge is -2.36. The molecule has 7 nitrogen and oxygen atoms in total. The number of piperazine rings is 1. The van der Waals surface area contributed by atoms with Gasteiger partial charge in [0.05, 0.1) is 5.75 Å². The maximum atomic E-state index is 12.6. The first kappa shape index (κ1) is 21.5. The van der Waals surface area contributed by atoms with Crippen molar-refractivity contribution in [3.63, 3.8) is 0 Å². The van der Waals surface area contributed by atoms with E-state index in [-0.39, 0.29) is 18.3 Å². The minimum Gasteiger partial charge on any atom is -0.484 e. The second-order valence-corrected chi connectivity index (χ2v) is 8.56. The Morgan fingerprint density at radius 3 is 2.65 bits per heavy atom. The van der Waals surface area contributed by atoms with Crippen LogP contribution in [0.3, 0.4) is 0 Å². The van der Waals surface area contributed by atoms with Crippen molar-refractivity contribution in [2.24, 2.45) is 0 Å². The molecule has 1 saturated heterocycles. The molecule has 3 aromatic rings. The van der Waals surface area contributed by atoms with E-state index in [9.17, 15) is 4.79 Å². The summed E-state index contributed by atoms with van der Waals surface area (Å²) in [6, 6.07) is 15.5. The first-order valence-corrected chi connectivity index (χ1v) is 11.4. The molecule has 0 spiro atoms. The van der Waals surface area contributed by atoms with Gasteiger partial charge in [0.1, 0.15) is 5.75 Å². The number of hydrogen-bond acceptors (Lipinski definition) is 7. The fourth-order valence-electron chi connectivity index (χ4n) is 3.28. The van der Waals surface area contributed by atoms with E-state index in [2.05, 4.69) is 46.3 Å². The molecule has 0 unspecified atom stereocenters. The number of ether oxygens (including phenoxy) is 1. The first-order chi connectivity index (χ1) is 15.1. The number of carbonyl (C=O) groups excluding carboxylic acids is 1. The second-order valence-electron chi connectivity index (χ2n) is 7.20. The third-order valence-electron chi connectivity index (χ3n) is 4.94. The Balaban J connectivity index is 1.21. The van der Waals surface area contributed by atoms with Crippen LogP contribution in [0.2, 0.25) is 5.02 Å². The van der Waals surface area contributed by atoms with Crippen molar-refractivity contribution >= 4 is 35.0 Å². The summed E-state index contributed by atoms with van der Waals surface area (Å²) >= 11 is 7.10. The Kier molecular flexibility index (Phi) is 6.99. The summed E-state index contributed by atoms with van der Waals surface area (Å²) in [4.78, 5) is 16.8. The van der Waals surface area contributed by atoms with Gasteiger partial charge in [-0.3, -0.25) is 4.79 Å². The number of rotatable bonds is 7. The molecule has 4 rings (SSSR count). The number of thioether (sulfide) groups is 1. The number of nitrogens with zero attached hydrogens (tertiary/aromatic N) is 4. The smallest absolute Gasteiger partial charge is 0.277 e. The van der Waals surface area contributed by atoms with Crippen molar-refractivity contribution in [2.45, 2.75) is 18.8 Å². The van der Waals surface area contributed by atoms with Crippen LogP contribution in [0.25, 0.3) is 0 Å². The number of aryl methyl sites for hydroxylation is 1. The second kappa shape index (κ2) is 10.1. The van der Waals surface area contributed by atoms with Gasteiger partial charge in [0.25, 0.3) is 11.1 Å². The van der Waals surface area contributed by atoms with Gasteiger partial charge in [0, 0.05) is 36.9 Å². The minimum absolute atomic E-state index is 0.0751. The third-order valence-corrected chi connectivity index (χ3v) is 6.00. The topological polar surface area (TPSA) is 71.7 Å². The minimum atomic E-state index is 0.0751. The summed E-state index contributed by atoms with van der Waals surface area (Å²) in [6.07, 6.45) is 0. The van der Waals surface area contributed by atoms with Crippen LogP contribution >= 0.6 is 23.4 Å². The summed E-state index contributed by atoms with van der Waals surface area (Å²) < 4.78 is 11.2. The number of hydrogen-bond donors (Lipinski definition) is 0. The molecule has 0 aliphatic carbocycles. The molecule has 0 N–H and O–H groups in total. The fraction of sp³-hybridized carbons (Fsp3) is 0.318. The Hall–Kier alpha value is -2.71. The monoisotopic (exact) mass is 458 g/mol. The highest BCUT2D eigenvalue weighted by Crippen LogP contribution is 2.21. The van der Waals surface area contributed by atoms with Gasteiger partial charge >= 0.3 is 0 Å². The molecular formula is C22H23ClN4O3S. The third kappa shape index (κ3) is 5.92. The lowest BCUT2D eigenvalue weighted by molar-refractivity contribution is -0.128. The van der Waals surface area contributed by atoms with Gasteiger partial charge in [-0.2, -0.15) is 0 Å². The van der Waals surface area contributed by atoms with Gasteiger partial charge in [-0.05, 0) is 48.9 Å². The lowest BCUT2D eigenvalue weighted by atomic mass is 10.2. The van der Waals surface area contributed by atoms with Gasteiger partial charge < -0.3 is 19.0 Å². The zero-order valence-electron chi connectivity index (χ0n) is 17.2. The van der Waals surface area contributed by atoms with Crippen molar-refractivity contribution in [1.29, 1.82) is 0 Å². The summed E-state index contributed by atoms with van der Waals surface area (Å²) in [6.45, 7) is 5.31. The molecule has 31 heavy (non-hydrogen) atoms. The zero-order valence-corrected chi connectivity index (χ0v) is 18.7. The average Bonchev–Trinajstić information content (AvgIpc) is 3.25. The van der Waals surface area contributed by atoms with Crippen molar-refractivity contribution in [1.82, 2.24) is 15.1 Å². The Labute approximate surface area is 190 Å². The highest BCUT2D eigenvalue weighted by molar-refractivity contribution is 7.99. The first-order valence-electron chi connectivity index (χ1n) is 10.00. The quantitative estimate of drug-likeness (QED) is 0.494. The largest absolute Gasteiger partial charge is 0.484 e. The van der Waals surface area contributed by atoms with Gasteiger partial charge in [0.2, 0.25) is 5.91 Å². The molecule has 1 aliphatic rings. The summed E-state index contributed by atoms with van der Waals surface area (Å²) in [5, 5.41) is 8.96. The highest BCUT2D eigenvalue weighted by atomic mass is 35.5. The van der Waals surface area contributed by atoms with E-state index in [1.807, 2.05) is 4.90 Å². The van der Waals surface area contributed by atoms with E-state index in [1.54, 1.807) is 24.3 Å². The van der Waals surface area contributed by atoms with Gasteiger partial charge in [0.15, 0.2) is 6.61 Å². The van der Waals surface area contributed by atoms with E-state index in [0.29, 0.717) is 35.0 Å². The molecule has 162 valence electrons. The molecule has 1 aromatic heterocycles. The number of amides is 1. The molecule has 9 heteroatoms. The van der Waals surface area contributed by atoms with Crippen LogP contribution in [-0.2, 0) is 11.4 Å². The Morgan fingerprint density at radius 1 is 1.13 bits per heavy atom. The van der Waals surface area contributed by atoms with Crippen molar-refractivity contribution in [2.75, 3.05) is 36.8 Å². The molecule has 1 fully saturated rings. The van der Waals surface area contributed by atoms with Crippen molar-refractivity contribution in [3.8, 4) is 5.75 Å². The number of anilines is 1. The van der Waals surface area contributed by atoms with Crippen LogP contribution in [0.4, 0.5) is 5.69 Å². The standard InChI is InChI=1S/C22H23ClN4O3S/c1-16-3-2-4-18(13-16)26-9-11-27(12-10-26)21(28)15-31-22-25-24-20(30-22)14-29-19-7-5-17(23)6-8-19/h2-8,13H,9-12,14-15H2,1H3. The SMILES string of the molecule is Cc1cccc(N2CCN(C(=O)CSc3nnc(COc4ccc(Cl)cc4)o3)CC2)c1. The summed E-state index contributed by atoms with van der Waals surface area (Å²) in [7, 11) is 0. The zero-order chi connectivity index (χ0) is 21.6. The van der Waals surface area contributed by atoms with Crippen LogP contribution in [0, 0.1) is 6.92 Å². The predicted molar refractivity (Wildman–Crippen MR) is 121 cm³/mol. The van der Waals surface area contributed by atoms with E-state index >= 15 is 0 Å². The molecule has 0 atom stereocenters. The number of halogens is 1. The van der Waals surface area contributed by atoms with E-state index in [4.69, 9.17) is 20.8 Å². The number of aromatic nitrogens is 2. The Bertz CT molecular complexity index is 1020.